The first-order chi connectivity index (χ1) is 17.6. The number of esters is 1. The number of methoxy groups -OCH3 is 1. The lowest BCUT2D eigenvalue weighted by Crippen LogP contribution is -2.49. The highest BCUT2D eigenvalue weighted by molar-refractivity contribution is 5.90. The Morgan fingerprint density at radius 1 is 1.14 bits per heavy atom. The normalized spacial score (nSPS) is 16.6. The Bertz CT molecular complexity index is 1280. The molecule has 2 amide bonds. The molecule has 1 unspecified atom stereocenters. The van der Waals surface area contributed by atoms with Crippen molar-refractivity contribution in [3.05, 3.63) is 59.8 Å². The van der Waals surface area contributed by atoms with E-state index in [1.54, 1.807) is 53.6 Å². The minimum absolute atomic E-state index is 0.319. The van der Waals surface area contributed by atoms with Crippen LogP contribution in [0.3, 0.4) is 0 Å². The highest BCUT2D eigenvalue weighted by Gasteiger charge is 2.38. The second-order valence-corrected chi connectivity index (χ2v) is 9.98. The van der Waals surface area contributed by atoms with Gasteiger partial charge >= 0.3 is 18.2 Å². The Morgan fingerprint density at radius 2 is 1.95 bits per heavy atom. The number of piperidine rings is 1. The molecule has 37 heavy (non-hydrogen) atoms. The molecule has 1 aliphatic rings. The molecule has 0 spiro atoms. The maximum Gasteiger partial charge on any atom is 0.412 e. The summed E-state index contributed by atoms with van der Waals surface area (Å²) in [7, 11) is 1.30. The fraction of sp³-hybridized carbons (Fsp3) is 0.407. The number of aromatic amines is 1. The number of hydrogen-bond donors (Lipinski definition) is 2. The molecule has 196 valence electrons. The first kappa shape index (κ1) is 26.0. The molecular formula is C27H32N4O6. The fourth-order valence-corrected chi connectivity index (χ4v) is 4.43. The summed E-state index contributed by atoms with van der Waals surface area (Å²) >= 11 is 0. The average Bonchev–Trinajstić information content (AvgIpc) is 3.34. The van der Waals surface area contributed by atoms with Crippen molar-refractivity contribution >= 4 is 34.7 Å². The van der Waals surface area contributed by atoms with Gasteiger partial charge in [0.15, 0.2) is 0 Å². The van der Waals surface area contributed by atoms with Crippen LogP contribution in [0.4, 0.5) is 15.3 Å². The second-order valence-electron chi connectivity index (χ2n) is 9.98. The monoisotopic (exact) mass is 508 g/mol. The molecular weight excluding hydrogens is 476 g/mol. The number of nitrogens with one attached hydrogen (secondary N) is 2. The molecule has 2 aromatic carbocycles. The third-order valence-corrected chi connectivity index (χ3v) is 6.08. The van der Waals surface area contributed by atoms with E-state index in [0.29, 0.717) is 29.8 Å². The molecule has 4 rings (SSSR count). The number of nitrogens with zero attached hydrogens (tertiary/aromatic N) is 2. The molecule has 2 heterocycles. The molecule has 10 heteroatoms. The Labute approximate surface area is 215 Å². The van der Waals surface area contributed by atoms with E-state index in [1.165, 1.54) is 7.11 Å². The van der Waals surface area contributed by atoms with Crippen molar-refractivity contribution in [2.75, 3.05) is 19.0 Å². The molecule has 1 aromatic heterocycles. The van der Waals surface area contributed by atoms with Gasteiger partial charge in [0.25, 0.3) is 0 Å². The highest BCUT2D eigenvalue weighted by atomic mass is 16.6. The number of likely N-dealkylation sites (tertiary alicyclic amines) is 1. The number of benzene rings is 2. The predicted molar refractivity (Wildman–Crippen MR) is 137 cm³/mol. The van der Waals surface area contributed by atoms with Crippen LogP contribution in [0.15, 0.2) is 48.7 Å². The standard InChI is InChI=1S/C27H32N4O6/c1-27(2,3)37-26(34)31-13-6-5-10-22(31)23(17-8-7-9-18(14-17)24(32)35-4)36-25(33)29-20-11-12-21-19(15-20)16-28-30-21/h7-9,11-12,14-16,22-23H,5-6,10,13H2,1-4H3,(H,28,30)(H,29,33)/t22-,23?/m0/s1. The molecule has 1 saturated heterocycles. The van der Waals surface area contributed by atoms with E-state index in [9.17, 15) is 14.4 Å². The van der Waals surface area contributed by atoms with Gasteiger partial charge in [0.2, 0.25) is 0 Å². The molecule has 0 bridgehead atoms. The summed E-state index contributed by atoms with van der Waals surface area (Å²) in [5, 5.41) is 10.5. The SMILES string of the molecule is COC(=O)c1cccc(C(OC(=O)Nc2ccc3[nH]ncc3c2)[C@@H]2CCCCN2C(=O)OC(C)(C)C)c1. The van der Waals surface area contributed by atoms with E-state index in [4.69, 9.17) is 14.2 Å². The lowest BCUT2D eigenvalue weighted by molar-refractivity contribution is -0.0200. The van der Waals surface area contributed by atoms with Gasteiger partial charge in [0.1, 0.15) is 11.7 Å². The van der Waals surface area contributed by atoms with Gasteiger partial charge < -0.3 is 19.1 Å². The zero-order chi connectivity index (χ0) is 26.6. The largest absolute Gasteiger partial charge is 0.465 e. The molecule has 3 aromatic rings. The number of ether oxygens (including phenoxy) is 3. The van der Waals surface area contributed by atoms with Gasteiger partial charge in [-0.3, -0.25) is 10.4 Å². The molecule has 0 aliphatic carbocycles. The lowest BCUT2D eigenvalue weighted by Gasteiger charge is -2.40. The van der Waals surface area contributed by atoms with Crippen LogP contribution < -0.4 is 5.32 Å². The summed E-state index contributed by atoms with van der Waals surface area (Å²) in [5.74, 6) is -0.508. The van der Waals surface area contributed by atoms with Crippen LogP contribution in [0.5, 0.6) is 0 Å². The Kier molecular flexibility index (Phi) is 7.66. The topological polar surface area (TPSA) is 123 Å². The lowest BCUT2D eigenvalue weighted by atomic mass is 9.92. The van der Waals surface area contributed by atoms with Crippen LogP contribution in [0.1, 0.15) is 62.1 Å². The fourth-order valence-electron chi connectivity index (χ4n) is 4.43. The van der Waals surface area contributed by atoms with E-state index in [2.05, 4.69) is 15.5 Å². The quantitative estimate of drug-likeness (QED) is 0.348. The predicted octanol–water partition coefficient (Wildman–Crippen LogP) is 5.43. The molecule has 10 nitrogen and oxygen atoms in total. The van der Waals surface area contributed by atoms with E-state index >= 15 is 0 Å². The minimum Gasteiger partial charge on any atom is -0.465 e. The maximum absolute atomic E-state index is 13.1. The number of amides is 2. The summed E-state index contributed by atoms with van der Waals surface area (Å²) < 4.78 is 16.5. The Hall–Kier alpha value is -4.08. The van der Waals surface area contributed by atoms with E-state index in [0.717, 1.165) is 23.7 Å². The Balaban J connectivity index is 1.64. The summed E-state index contributed by atoms with van der Waals surface area (Å²) in [6, 6.07) is 11.6. The van der Waals surface area contributed by atoms with Gasteiger partial charge in [-0.2, -0.15) is 5.10 Å². The third-order valence-electron chi connectivity index (χ3n) is 6.08. The van der Waals surface area contributed by atoms with Crippen molar-refractivity contribution in [1.29, 1.82) is 0 Å². The number of hydrogen-bond acceptors (Lipinski definition) is 7. The summed E-state index contributed by atoms with van der Waals surface area (Å²) in [6.45, 7) is 5.89. The molecule has 0 radical (unpaired) electrons. The zero-order valence-electron chi connectivity index (χ0n) is 21.4. The van der Waals surface area contributed by atoms with Crippen LogP contribution in [0.2, 0.25) is 0 Å². The molecule has 1 aliphatic heterocycles. The first-order valence-electron chi connectivity index (χ1n) is 12.2. The minimum atomic E-state index is -0.852. The number of aromatic nitrogens is 2. The van der Waals surface area contributed by atoms with Crippen molar-refractivity contribution in [2.24, 2.45) is 0 Å². The number of carbonyl (C=O) groups excluding carboxylic acids is 3. The smallest absolute Gasteiger partial charge is 0.412 e. The van der Waals surface area contributed by atoms with Gasteiger partial charge in [-0.15, -0.1) is 0 Å². The molecule has 2 atom stereocenters. The zero-order valence-corrected chi connectivity index (χ0v) is 21.4. The number of carbonyl (C=O) groups is 3. The van der Waals surface area contributed by atoms with Crippen molar-refractivity contribution in [3.8, 4) is 0 Å². The van der Waals surface area contributed by atoms with Crippen LogP contribution in [0, 0.1) is 0 Å². The van der Waals surface area contributed by atoms with E-state index < -0.39 is 35.9 Å². The summed E-state index contributed by atoms with van der Waals surface area (Å²) in [5.41, 5.74) is 1.59. The number of H-pyrrole nitrogens is 1. The van der Waals surface area contributed by atoms with E-state index in [-0.39, 0.29) is 0 Å². The molecule has 2 N–H and O–H groups in total. The van der Waals surface area contributed by atoms with Gasteiger partial charge in [0.05, 0.1) is 30.4 Å². The van der Waals surface area contributed by atoms with Crippen LogP contribution in [-0.2, 0) is 14.2 Å². The van der Waals surface area contributed by atoms with Crippen molar-refractivity contribution in [3.63, 3.8) is 0 Å². The van der Waals surface area contributed by atoms with Gasteiger partial charge in [-0.05, 0) is 75.9 Å². The van der Waals surface area contributed by atoms with Gasteiger partial charge in [-0.25, -0.2) is 14.4 Å². The van der Waals surface area contributed by atoms with Crippen LogP contribution >= 0.6 is 0 Å². The first-order valence-corrected chi connectivity index (χ1v) is 12.2. The molecule has 1 fully saturated rings. The number of rotatable bonds is 5. The van der Waals surface area contributed by atoms with Gasteiger partial charge in [0, 0.05) is 17.6 Å². The van der Waals surface area contributed by atoms with Crippen molar-refractivity contribution in [1.82, 2.24) is 15.1 Å². The number of fused-ring (bicyclic) bond motifs is 1. The van der Waals surface area contributed by atoms with Crippen molar-refractivity contribution in [2.45, 2.75) is 57.8 Å². The maximum atomic E-state index is 13.1. The highest BCUT2D eigenvalue weighted by Crippen LogP contribution is 2.34. The third kappa shape index (κ3) is 6.38. The second kappa shape index (κ2) is 10.9. The summed E-state index contributed by atoms with van der Waals surface area (Å²) in [4.78, 5) is 40.1. The summed E-state index contributed by atoms with van der Waals surface area (Å²) in [6.07, 6.45) is 1.90. The molecule has 0 saturated carbocycles. The van der Waals surface area contributed by atoms with Crippen LogP contribution in [-0.4, -0.2) is 58.6 Å². The Morgan fingerprint density at radius 3 is 2.70 bits per heavy atom. The number of anilines is 1. The van der Waals surface area contributed by atoms with Gasteiger partial charge in [-0.1, -0.05) is 12.1 Å². The average molecular weight is 509 g/mol. The van der Waals surface area contributed by atoms with E-state index in [1.807, 2.05) is 20.8 Å². The van der Waals surface area contributed by atoms with Crippen LogP contribution in [0.25, 0.3) is 10.9 Å². The van der Waals surface area contributed by atoms with Crippen molar-refractivity contribution < 1.29 is 28.6 Å².